The molecular weight excluding hydrogens is 299 g/mol. The van der Waals surface area contributed by atoms with Crippen LogP contribution in [0.1, 0.15) is 5.56 Å². The third kappa shape index (κ3) is 3.79. The van der Waals surface area contributed by atoms with Gasteiger partial charge in [0.25, 0.3) is 0 Å². The molecule has 0 fully saturated rings. The van der Waals surface area contributed by atoms with Gasteiger partial charge in [-0.05, 0) is 17.7 Å². The molecule has 0 saturated carbocycles. The predicted octanol–water partition coefficient (Wildman–Crippen LogP) is 4.02. The third-order valence-electron chi connectivity index (χ3n) is 2.57. The van der Waals surface area contributed by atoms with E-state index < -0.39 is 6.03 Å². The Hall–Kier alpha value is -1.91. The number of phenols is 1. The molecule has 0 aliphatic carbocycles. The molecular formula is C14H12Cl2N2O2. The van der Waals surface area contributed by atoms with Crippen molar-refractivity contribution in [2.45, 2.75) is 6.54 Å². The normalized spacial score (nSPS) is 10.1. The SMILES string of the molecule is O=C(NCc1ccccc1)Nc1cc(Cl)cc(Cl)c1O. The van der Waals surface area contributed by atoms with Crippen molar-refractivity contribution in [3.05, 3.63) is 58.1 Å². The summed E-state index contributed by atoms with van der Waals surface area (Å²) in [4.78, 5) is 11.7. The molecule has 0 heterocycles. The summed E-state index contributed by atoms with van der Waals surface area (Å²) in [6.07, 6.45) is 0. The molecule has 0 saturated heterocycles. The molecule has 6 heteroatoms. The Balaban J connectivity index is 1.98. The van der Waals surface area contributed by atoms with Crippen molar-refractivity contribution < 1.29 is 9.90 Å². The van der Waals surface area contributed by atoms with Gasteiger partial charge in [-0.3, -0.25) is 0 Å². The zero-order valence-electron chi connectivity index (χ0n) is 10.4. The Morgan fingerprint density at radius 2 is 1.85 bits per heavy atom. The fourth-order valence-electron chi connectivity index (χ4n) is 1.61. The standard InChI is InChI=1S/C14H12Cl2N2O2/c15-10-6-11(16)13(19)12(7-10)18-14(20)17-8-9-4-2-1-3-5-9/h1-7,19H,8H2,(H2,17,18,20). The van der Waals surface area contributed by atoms with E-state index in [4.69, 9.17) is 23.2 Å². The van der Waals surface area contributed by atoms with Crippen LogP contribution >= 0.6 is 23.2 Å². The lowest BCUT2D eigenvalue weighted by Crippen LogP contribution is -2.28. The average molecular weight is 311 g/mol. The summed E-state index contributed by atoms with van der Waals surface area (Å²) in [7, 11) is 0. The molecule has 0 radical (unpaired) electrons. The van der Waals surface area contributed by atoms with Gasteiger partial charge in [-0.1, -0.05) is 53.5 Å². The Kier molecular flexibility index (Phi) is 4.71. The van der Waals surface area contributed by atoms with E-state index in [0.717, 1.165) is 5.56 Å². The fraction of sp³-hybridized carbons (Fsp3) is 0.0714. The van der Waals surface area contributed by atoms with Crippen LogP contribution in [0.25, 0.3) is 0 Å². The quantitative estimate of drug-likeness (QED) is 0.750. The van der Waals surface area contributed by atoms with Gasteiger partial charge in [-0.25, -0.2) is 4.79 Å². The maximum atomic E-state index is 11.7. The van der Waals surface area contributed by atoms with Gasteiger partial charge in [0, 0.05) is 11.6 Å². The maximum absolute atomic E-state index is 11.7. The lowest BCUT2D eigenvalue weighted by atomic mass is 10.2. The van der Waals surface area contributed by atoms with Gasteiger partial charge in [0.1, 0.15) is 0 Å². The summed E-state index contributed by atoms with van der Waals surface area (Å²) in [5.41, 5.74) is 1.13. The first-order valence-electron chi connectivity index (χ1n) is 5.83. The number of benzene rings is 2. The van der Waals surface area contributed by atoms with Crippen LogP contribution in [-0.4, -0.2) is 11.1 Å². The highest BCUT2D eigenvalue weighted by molar-refractivity contribution is 6.36. The summed E-state index contributed by atoms with van der Waals surface area (Å²) >= 11 is 11.6. The van der Waals surface area contributed by atoms with E-state index in [-0.39, 0.29) is 16.5 Å². The van der Waals surface area contributed by atoms with Crippen molar-refractivity contribution in [2.75, 3.05) is 5.32 Å². The number of anilines is 1. The number of carbonyl (C=O) groups is 1. The summed E-state index contributed by atoms with van der Waals surface area (Å²) in [5, 5.41) is 15.3. The smallest absolute Gasteiger partial charge is 0.319 e. The molecule has 0 aromatic heterocycles. The molecule has 0 aliphatic rings. The van der Waals surface area contributed by atoms with Gasteiger partial charge in [0.15, 0.2) is 5.75 Å². The number of amides is 2. The van der Waals surface area contributed by atoms with E-state index in [1.54, 1.807) is 0 Å². The Morgan fingerprint density at radius 1 is 1.15 bits per heavy atom. The highest BCUT2D eigenvalue weighted by Gasteiger charge is 2.10. The Morgan fingerprint density at radius 3 is 2.55 bits per heavy atom. The van der Waals surface area contributed by atoms with E-state index in [1.165, 1.54) is 12.1 Å². The van der Waals surface area contributed by atoms with Gasteiger partial charge in [0.05, 0.1) is 10.7 Å². The molecule has 0 atom stereocenters. The van der Waals surface area contributed by atoms with Crippen LogP contribution in [0.5, 0.6) is 5.75 Å². The molecule has 2 rings (SSSR count). The molecule has 20 heavy (non-hydrogen) atoms. The second-order valence-electron chi connectivity index (χ2n) is 4.08. The number of carbonyl (C=O) groups excluding carboxylic acids is 1. The van der Waals surface area contributed by atoms with Crippen molar-refractivity contribution in [2.24, 2.45) is 0 Å². The summed E-state index contributed by atoms with van der Waals surface area (Å²) in [6.45, 7) is 0.377. The van der Waals surface area contributed by atoms with Crippen LogP contribution in [-0.2, 0) is 6.54 Å². The van der Waals surface area contributed by atoms with Gasteiger partial charge in [-0.2, -0.15) is 0 Å². The average Bonchev–Trinajstić information content (AvgIpc) is 2.43. The molecule has 3 N–H and O–H groups in total. The van der Waals surface area contributed by atoms with Gasteiger partial charge < -0.3 is 15.7 Å². The van der Waals surface area contributed by atoms with E-state index in [0.29, 0.717) is 11.6 Å². The van der Waals surface area contributed by atoms with Crippen LogP contribution in [0.2, 0.25) is 10.0 Å². The highest BCUT2D eigenvalue weighted by Crippen LogP contribution is 2.34. The number of halogens is 2. The summed E-state index contributed by atoms with van der Waals surface area (Å²) in [6, 6.07) is 11.8. The lowest BCUT2D eigenvalue weighted by Gasteiger charge is -2.10. The second kappa shape index (κ2) is 6.50. The van der Waals surface area contributed by atoms with Crippen molar-refractivity contribution in [1.82, 2.24) is 5.32 Å². The molecule has 0 spiro atoms. The summed E-state index contributed by atoms with van der Waals surface area (Å²) in [5.74, 6) is -0.217. The van der Waals surface area contributed by atoms with E-state index >= 15 is 0 Å². The summed E-state index contributed by atoms with van der Waals surface area (Å²) < 4.78 is 0. The minimum absolute atomic E-state index is 0.0795. The molecule has 0 aliphatic heterocycles. The molecule has 2 aromatic carbocycles. The van der Waals surface area contributed by atoms with Crippen molar-refractivity contribution in [1.29, 1.82) is 0 Å². The fourth-order valence-corrected chi connectivity index (χ4v) is 2.10. The largest absolute Gasteiger partial charge is 0.504 e. The molecule has 2 amide bonds. The van der Waals surface area contributed by atoms with Gasteiger partial charge in [-0.15, -0.1) is 0 Å². The topological polar surface area (TPSA) is 61.4 Å². The van der Waals surface area contributed by atoms with Crippen LogP contribution < -0.4 is 10.6 Å². The van der Waals surface area contributed by atoms with Gasteiger partial charge in [0.2, 0.25) is 0 Å². The maximum Gasteiger partial charge on any atom is 0.319 e. The van der Waals surface area contributed by atoms with Crippen LogP contribution in [0.4, 0.5) is 10.5 Å². The molecule has 0 bridgehead atoms. The van der Waals surface area contributed by atoms with E-state index in [2.05, 4.69) is 10.6 Å². The number of aromatic hydroxyl groups is 1. The first-order chi connectivity index (χ1) is 9.56. The minimum Gasteiger partial charge on any atom is -0.504 e. The number of hydrogen-bond acceptors (Lipinski definition) is 2. The minimum atomic E-state index is -0.456. The Bertz CT molecular complexity index is 618. The number of rotatable bonds is 3. The van der Waals surface area contributed by atoms with Crippen LogP contribution in [0.15, 0.2) is 42.5 Å². The molecule has 4 nitrogen and oxygen atoms in total. The monoisotopic (exact) mass is 310 g/mol. The first kappa shape index (κ1) is 14.5. The number of phenolic OH excluding ortho intramolecular Hbond substituents is 1. The van der Waals surface area contributed by atoms with Gasteiger partial charge >= 0.3 is 6.03 Å². The number of nitrogens with one attached hydrogen (secondary N) is 2. The van der Waals surface area contributed by atoms with E-state index in [1.807, 2.05) is 30.3 Å². The third-order valence-corrected chi connectivity index (χ3v) is 3.08. The molecule has 0 unspecified atom stereocenters. The van der Waals surface area contributed by atoms with Crippen LogP contribution in [0.3, 0.4) is 0 Å². The number of urea groups is 1. The number of hydrogen-bond donors (Lipinski definition) is 3. The van der Waals surface area contributed by atoms with Crippen molar-refractivity contribution >= 4 is 34.9 Å². The molecule has 2 aromatic rings. The lowest BCUT2D eigenvalue weighted by molar-refractivity contribution is 0.251. The Labute approximate surface area is 126 Å². The molecule has 104 valence electrons. The zero-order valence-corrected chi connectivity index (χ0v) is 11.9. The van der Waals surface area contributed by atoms with Crippen molar-refractivity contribution in [3.8, 4) is 5.75 Å². The second-order valence-corrected chi connectivity index (χ2v) is 4.92. The van der Waals surface area contributed by atoms with Crippen LogP contribution in [0, 0.1) is 0 Å². The predicted molar refractivity (Wildman–Crippen MR) is 80.4 cm³/mol. The highest BCUT2D eigenvalue weighted by atomic mass is 35.5. The van der Waals surface area contributed by atoms with Crippen molar-refractivity contribution in [3.63, 3.8) is 0 Å². The zero-order chi connectivity index (χ0) is 14.5. The van der Waals surface area contributed by atoms with E-state index in [9.17, 15) is 9.90 Å². The first-order valence-corrected chi connectivity index (χ1v) is 6.58.